The Balaban J connectivity index is 2.23. The molecule has 0 unspecified atom stereocenters. The fourth-order valence-electron chi connectivity index (χ4n) is 4.57. The summed E-state index contributed by atoms with van der Waals surface area (Å²) in [7, 11) is 0. The van der Waals surface area contributed by atoms with E-state index in [1.165, 1.54) is 12.8 Å². The third-order valence-corrected chi connectivity index (χ3v) is 5.78. The smallest absolute Gasteiger partial charge is 0.127 e. The van der Waals surface area contributed by atoms with Crippen LogP contribution >= 0.6 is 0 Å². The predicted octanol–water partition coefficient (Wildman–Crippen LogP) is 1.26. The molecular weight excluding hydrogens is 174 g/mol. The van der Waals surface area contributed by atoms with E-state index < -0.39 is 0 Å². The summed E-state index contributed by atoms with van der Waals surface area (Å²) < 4.78 is 0. The van der Waals surface area contributed by atoms with E-state index in [4.69, 9.17) is 5.84 Å². The van der Waals surface area contributed by atoms with Gasteiger partial charge in [-0.2, -0.15) is 5.26 Å². The number of piperidine rings is 1. The van der Waals surface area contributed by atoms with Crippen molar-refractivity contribution in [2.45, 2.75) is 38.6 Å². The molecule has 2 saturated carbocycles. The molecule has 76 valence electrons. The standard InChI is InChI=1S/C11H17N3/c1-9-7-14(13)11(6-12)5-8(9)3-4-10(9,11)2/h8H,3-5,7,13H2,1-2H3/t8-,9+,10+,11+/m1/s1. The molecular formula is C11H17N3. The normalized spacial score (nSPS) is 60.6. The third kappa shape index (κ3) is 0.528. The molecule has 4 bridgehead atoms. The number of nitrogens with zero attached hydrogens (tertiary/aromatic N) is 2. The molecule has 2 N–H and O–H groups in total. The lowest BCUT2D eigenvalue weighted by Gasteiger charge is -2.40. The highest BCUT2D eigenvalue weighted by Gasteiger charge is 2.77. The van der Waals surface area contributed by atoms with Gasteiger partial charge in [-0.1, -0.05) is 13.8 Å². The Morgan fingerprint density at radius 2 is 2.21 bits per heavy atom. The first-order valence-corrected chi connectivity index (χ1v) is 5.44. The van der Waals surface area contributed by atoms with Gasteiger partial charge < -0.3 is 0 Å². The van der Waals surface area contributed by atoms with Crippen molar-refractivity contribution in [3.63, 3.8) is 0 Å². The zero-order chi connectivity index (χ0) is 10.2. The van der Waals surface area contributed by atoms with E-state index in [-0.39, 0.29) is 16.4 Å². The second-order valence-corrected chi connectivity index (χ2v) is 5.79. The van der Waals surface area contributed by atoms with Crippen LogP contribution in [0.3, 0.4) is 0 Å². The van der Waals surface area contributed by atoms with Gasteiger partial charge in [-0.3, -0.25) is 5.84 Å². The van der Waals surface area contributed by atoms with Crippen LogP contribution in [0.25, 0.3) is 0 Å². The van der Waals surface area contributed by atoms with E-state index in [2.05, 4.69) is 19.9 Å². The van der Waals surface area contributed by atoms with E-state index >= 15 is 0 Å². The highest BCUT2D eigenvalue weighted by Crippen LogP contribution is 2.74. The molecule has 0 spiro atoms. The van der Waals surface area contributed by atoms with Crippen molar-refractivity contribution in [1.29, 1.82) is 5.26 Å². The van der Waals surface area contributed by atoms with Crippen LogP contribution in [0, 0.1) is 28.1 Å². The van der Waals surface area contributed by atoms with Crippen LogP contribution in [-0.2, 0) is 0 Å². The van der Waals surface area contributed by atoms with Crippen molar-refractivity contribution in [1.82, 2.24) is 5.01 Å². The topological polar surface area (TPSA) is 53.0 Å². The number of hydrogen-bond acceptors (Lipinski definition) is 3. The van der Waals surface area contributed by atoms with Crippen LogP contribution in [0.2, 0.25) is 0 Å². The highest BCUT2D eigenvalue weighted by molar-refractivity contribution is 5.34. The molecule has 1 aliphatic heterocycles. The van der Waals surface area contributed by atoms with Crippen LogP contribution in [0.5, 0.6) is 0 Å². The Morgan fingerprint density at radius 1 is 1.50 bits per heavy atom. The summed E-state index contributed by atoms with van der Waals surface area (Å²) in [5.41, 5.74) is 0.0658. The summed E-state index contributed by atoms with van der Waals surface area (Å²) in [5.74, 6) is 6.76. The zero-order valence-corrected chi connectivity index (χ0v) is 8.88. The monoisotopic (exact) mass is 191 g/mol. The van der Waals surface area contributed by atoms with E-state index in [9.17, 15) is 5.26 Å². The van der Waals surface area contributed by atoms with Gasteiger partial charge in [-0.05, 0) is 30.6 Å². The lowest BCUT2D eigenvalue weighted by molar-refractivity contribution is 0.0722. The first-order valence-electron chi connectivity index (χ1n) is 5.44. The van der Waals surface area contributed by atoms with Crippen molar-refractivity contribution in [3.05, 3.63) is 0 Å². The Bertz CT molecular complexity index is 347. The summed E-state index contributed by atoms with van der Waals surface area (Å²) in [4.78, 5) is 0. The van der Waals surface area contributed by atoms with Gasteiger partial charge in [0.1, 0.15) is 5.54 Å². The van der Waals surface area contributed by atoms with E-state index in [1.54, 1.807) is 0 Å². The van der Waals surface area contributed by atoms with Crippen molar-refractivity contribution < 1.29 is 0 Å². The predicted molar refractivity (Wildman–Crippen MR) is 52.8 cm³/mol. The number of nitrogens with two attached hydrogens (primary N) is 1. The van der Waals surface area contributed by atoms with Gasteiger partial charge in [0, 0.05) is 12.0 Å². The van der Waals surface area contributed by atoms with Crippen molar-refractivity contribution in [2.75, 3.05) is 6.54 Å². The number of hydrazine groups is 1. The Hall–Kier alpha value is -0.590. The van der Waals surface area contributed by atoms with E-state index in [0.717, 1.165) is 18.9 Å². The minimum Gasteiger partial charge on any atom is -0.267 e. The summed E-state index contributed by atoms with van der Waals surface area (Å²) >= 11 is 0. The van der Waals surface area contributed by atoms with Gasteiger partial charge in [0.15, 0.2) is 0 Å². The zero-order valence-electron chi connectivity index (χ0n) is 8.88. The van der Waals surface area contributed by atoms with Crippen LogP contribution in [0.1, 0.15) is 33.1 Å². The maximum Gasteiger partial charge on any atom is 0.127 e. The van der Waals surface area contributed by atoms with Crippen LogP contribution < -0.4 is 5.84 Å². The molecule has 3 nitrogen and oxygen atoms in total. The highest BCUT2D eigenvalue weighted by atomic mass is 15.5. The quantitative estimate of drug-likeness (QED) is 0.586. The molecule has 3 aliphatic rings. The summed E-state index contributed by atoms with van der Waals surface area (Å²) in [6.07, 6.45) is 3.46. The molecule has 2 aliphatic carbocycles. The minimum absolute atomic E-state index is 0.133. The lowest BCUT2D eigenvalue weighted by atomic mass is 9.66. The van der Waals surface area contributed by atoms with Gasteiger partial charge in [0.2, 0.25) is 0 Å². The minimum atomic E-state index is -0.356. The second-order valence-electron chi connectivity index (χ2n) is 5.79. The number of hydrogen-bond donors (Lipinski definition) is 1. The van der Waals surface area contributed by atoms with Crippen molar-refractivity contribution in [3.8, 4) is 6.07 Å². The van der Waals surface area contributed by atoms with E-state index in [0.29, 0.717) is 0 Å². The summed E-state index contributed by atoms with van der Waals surface area (Å²) in [5, 5.41) is 11.3. The molecule has 0 amide bonds. The molecule has 0 aromatic rings. The Morgan fingerprint density at radius 3 is 2.71 bits per heavy atom. The average molecular weight is 191 g/mol. The second kappa shape index (κ2) is 2.00. The molecule has 3 heteroatoms. The van der Waals surface area contributed by atoms with Crippen LogP contribution in [-0.4, -0.2) is 17.1 Å². The molecule has 0 radical (unpaired) electrons. The largest absolute Gasteiger partial charge is 0.267 e. The molecule has 0 aromatic carbocycles. The van der Waals surface area contributed by atoms with Gasteiger partial charge in [0.05, 0.1) is 6.07 Å². The summed E-state index contributed by atoms with van der Waals surface area (Å²) in [6.45, 7) is 5.51. The Kier molecular flexibility index (Phi) is 1.24. The molecule has 14 heavy (non-hydrogen) atoms. The average Bonchev–Trinajstić information content (AvgIpc) is 2.56. The van der Waals surface area contributed by atoms with E-state index in [1.807, 2.05) is 5.01 Å². The third-order valence-electron chi connectivity index (χ3n) is 5.78. The maximum atomic E-state index is 9.44. The first kappa shape index (κ1) is 8.70. The number of nitriles is 1. The fraction of sp³-hybridized carbons (Fsp3) is 0.909. The molecule has 1 saturated heterocycles. The van der Waals surface area contributed by atoms with Crippen molar-refractivity contribution >= 4 is 0 Å². The maximum absolute atomic E-state index is 9.44. The van der Waals surface area contributed by atoms with Gasteiger partial charge in [0.25, 0.3) is 0 Å². The molecule has 3 fully saturated rings. The molecule has 4 atom stereocenters. The van der Waals surface area contributed by atoms with Gasteiger partial charge in [-0.25, -0.2) is 5.01 Å². The lowest BCUT2D eigenvalue weighted by Crippen LogP contribution is -2.55. The van der Waals surface area contributed by atoms with Crippen LogP contribution in [0.15, 0.2) is 0 Å². The summed E-state index contributed by atoms with van der Waals surface area (Å²) in [6, 6.07) is 2.52. The van der Waals surface area contributed by atoms with Gasteiger partial charge in [-0.15, -0.1) is 0 Å². The molecule has 0 aromatic heterocycles. The van der Waals surface area contributed by atoms with Crippen molar-refractivity contribution in [2.24, 2.45) is 22.6 Å². The Labute approximate surface area is 84.8 Å². The molecule has 3 rings (SSSR count). The SMILES string of the molecule is C[C@@]12CC[C@@H]3C[C@@]1(C#N)N(N)C[C@@]32C. The number of rotatable bonds is 0. The molecule has 1 heterocycles. The van der Waals surface area contributed by atoms with Crippen LogP contribution in [0.4, 0.5) is 0 Å². The fourth-order valence-corrected chi connectivity index (χ4v) is 4.57. The van der Waals surface area contributed by atoms with Gasteiger partial charge >= 0.3 is 0 Å². The first-order chi connectivity index (χ1) is 6.50.